The van der Waals surface area contributed by atoms with Crippen LogP contribution in [-0.4, -0.2) is 5.51 Å². The first-order valence-corrected chi connectivity index (χ1v) is 7.13. The van der Waals surface area contributed by atoms with Gasteiger partial charge in [-0.15, -0.1) is 0 Å². The van der Waals surface area contributed by atoms with Crippen LogP contribution in [0.1, 0.15) is 36.8 Å². The molecule has 0 radical (unpaired) electrons. The molecule has 0 aliphatic heterocycles. The first-order valence-electron chi connectivity index (χ1n) is 6.32. The molecule has 0 amide bonds. The molecule has 0 N–H and O–H groups in total. The van der Waals surface area contributed by atoms with Gasteiger partial charge in [0.1, 0.15) is 0 Å². The first kappa shape index (κ1) is 14.3. The molecule has 0 spiro atoms. The second-order valence-corrected chi connectivity index (χ2v) is 5.90. The maximum absolute atomic E-state index is 12.5. The van der Waals surface area contributed by atoms with Gasteiger partial charge in [0.25, 0.3) is 0 Å². The second kappa shape index (κ2) is 5.92. The lowest BCUT2D eigenvalue weighted by atomic mass is 10.1. The molecule has 0 bridgehead atoms. The Bertz CT molecular complexity index is 502. The van der Waals surface area contributed by atoms with Gasteiger partial charge in [-0.25, -0.2) is 0 Å². The summed E-state index contributed by atoms with van der Waals surface area (Å²) in [5.41, 5.74) is -2.84. The number of aryl methyl sites for hydroxylation is 1. The number of alkyl halides is 3. The summed E-state index contributed by atoms with van der Waals surface area (Å²) in [6.07, 6.45) is 4.50. The number of thioether (sulfide) groups is 1. The molecule has 1 aromatic rings. The molecule has 1 saturated carbocycles. The van der Waals surface area contributed by atoms with E-state index in [4.69, 9.17) is 0 Å². The van der Waals surface area contributed by atoms with Crippen molar-refractivity contribution in [3.63, 3.8) is 0 Å². The number of hydrogen-bond acceptors (Lipinski definition) is 1. The van der Waals surface area contributed by atoms with E-state index in [2.05, 4.69) is 11.8 Å². The molecule has 0 unspecified atom stereocenters. The fourth-order valence-corrected chi connectivity index (χ4v) is 2.81. The zero-order chi connectivity index (χ0) is 13.9. The van der Waals surface area contributed by atoms with E-state index in [9.17, 15) is 13.2 Å². The van der Waals surface area contributed by atoms with Gasteiger partial charge in [0.2, 0.25) is 0 Å². The van der Waals surface area contributed by atoms with Gasteiger partial charge >= 0.3 is 5.51 Å². The van der Waals surface area contributed by atoms with E-state index in [-0.39, 0.29) is 16.7 Å². The number of rotatable bonds is 1. The van der Waals surface area contributed by atoms with E-state index in [1.165, 1.54) is 18.9 Å². The quantitative estimate of drug-likeness (QED) is 0.507. The van der Waals surface area contributed by atoms with E-state index < -0.39 is 5.51 Å². The van der Waals surface area contributed by atoms with Gasteiger partial charge in [0.15, 0.2) is 0 Å². The normalized spacial score (nSPS) is 16.2. The minimum atomic E-state index is -4.26. The average Bonchev–Trinajstić information content (AvgIpc) is 2.81. The highest BCUT2D eigenvalue weighted by atomic mass is 32.2. The Morgan fingerprint density at radius 1 is 1.21 bits per heavy atom. The first-order chi connectivity index (χ1) is 8.94. The van der Waals surface area contributed by atoms with Crippen LogP contribution in [0.3, 0.4) is 0 Å². The van der Waals surface area contributed by atoms with Gasteiger partial charge in [-0.2, -0.15) is 13.2 Å². The highest BCUT2D eigenvalue weighted by Gasteiger charge is 2.30. The molecule has 102 valence electrons. The summed E-state index contributed by atoms with van der Waals surface area (Å²) in [6, 6.07) is 4.93. The molecule has 0 heterocycles. The Hall–Kier alpha value is -1.08. The van der Waals surface area contributed by atoms with Crippen molar-refractivity contribution in [3.8, 4) is 11.8 Å². The van der Waals surface area contributed by atoms with Crippen molar-refractivity contribution in [2.24, 2.45) is 5.92 Å². The molecule has 4 heteroatoms. The lowest BCUT2D eigenvalue weighted by Crippen LogP contribution is -2.00. The maximum atomic E-state index is 12.5. The van der Waals surface area contributed by atoms with Gasteiger partial charge in [-0.3, -0.25) is 0 Å². The van der Waals surface area contributed by atoms with Gasteiger partial charge < -0.3 is 0 Å². The minimum absolute atomic E-state index is 0.0839. The molecule has 1 aromatic carbocycles. The van der Waals surface area contributed by atoms with Gasteiger partial charge in [0, 0.05) is 16.4 Å². The van der Waals surface area contributed by atoms with E-state index in [1.807, 2.05) is 6.92 Å². The van der Waals surface area contributed by atoms with Gasteiger partial charge in [0.05, 0.1) is 0 Å². The van der Waals surface area contributed by atoms with Crippen molar-refractivity contribution in [2.45, 2.75) is 43.0 Å². The molecule has 2 rings (SSSR count). The van der Waals surface area contributed by atoms with Gasteiger partial charge in [-0.05, 0) is 49.2 Å². The third-order valence-electron chi connectivity index (χ3n) is 3.13. The van der Waals surface area contributed by atoms with E-state index in [0.29, 0.717) is 11.5 Å². The highest BCUT2D eigenvalue weighted by molar-refractivity contribution is 8.00. The molecular formula is C15H15F3S. The predicted molar refractivity (Wildman–Crippen MR) is 71.9 cm³/mol. The Balaban J connectivity index is 2.24. The largest absolute Gasteiger partial charge is 0.446 e. The van der Waals surface area contributed by atoms with Crippen LogP contribution < -0.4 is 0 Å². The zero-order valence-electron chi connectivity index (χ0n) is 10.7. The second-order valence-electron chi connectivity index (χ2n) is 4.80. The highest BCUT2D eigenvalue weighted by Crippen LogP contribution is 2.38. The lowest BCUT2D eigenvalue weighted by molar-refractivity contribution is -0.0328. The zero-order valence-corrected chi connectivity index (χ0v) is 11.5. The van der Waals surface area contributed by atoms with Crippen molar-refractivity contribution in [3.05, 3.63) is 29.3 Å². The van der Waals surface area contributed by atoms with Crippen molar-refractivity contribution in [1.29, 1.82) is 0 Å². The summed E-state index contributed by atoms with van der Waals surface area (Å²) >= 11 is -0.0839. The summed E-state index contributed by atoms with van der Waals surface area (Å²) in [5, 5.41) is 0. The summed E-state index contributed by atoms with van der Waals surface area (Å²) in [6.45, 7) is 1.86. The summed E-state index contributed by atoms with van der Waals surface area (Å²) < 4.78 is 37.4. The Morgan fingerprint density at radius 3 is 2.53 bits per heavy atom. The van der Waals surface area contributed by atoms with Crippen LogP contribution in [-0.2, 0) is 0 Å². The van der Waals surface area contributed by atoms with E-state index in [1.54, 1.807) is 12.1 Å². The van der Waals surface area contributed by atoms with E-state index >= 15 is 0 Å². The van der Waals surface area contributed by atoms with Crippen LogP contribution in [0.2, 0.25) is 0 Å². The van der Waals surface area contributed by atoms with Crippen LogP contribution in [0.5, 0.6) is 0 Å². The molecule has 1 aliphatic carbocycles. The molecule has 0 nitrogen and oxygen atoms in total. The SMILES string of the molecule is Cc1ccc(SC(F)(F)F)c(C#CC2CCCC2)c1. The van der Waals surface area contributed by atoms with Crippen LogP contribution in [0, 0.1) is 24.7 Å². The Kier molecular flexibility index (Phi) is 4.46. The van der Waals surface area contributed by atoms with Crippen LogP contribution in [0.15, 0.2) is 23.1 Å². The molecule has 0 saturated heterocycles. The molecule has 0 atom stereocenters. The third-order valence-corrected chi connectivity index (χ3v) is 3.93. The van der Waals surface area contributed by atoms with Crippen LogP contribution >= 0.6 is 11.8 Å². The molecule has 1 aliphatic rings. The minimum Gasteiger partial charge on any atom is -0.160 e. The molecule has 0 aromatic heterocycles. The monoisotopic (exact) mass is 284 g/mol. The topological polar surface area (TPSA) is 0 Å². The molecule has 19 heavy (non-hydrogen) atoms. The summed E-state index contributed by atoms with van der Waals surface area (Å²) in [7, 11) is 0. The smallest absolute Gasteiger partial charge is 0.160 e. The predicted octanol–water partition coefficient (Wildman–Crippen LogP) is 5.15. The van der Waals surface area contributed by atoms with Crippen LogP contribution in [0.4, 0.5) is 13.2 Å². The number of halogens is 3. The Morgan fingerprint density at radius 2 is 1.89 bits per heavy atom. The van der Waals surface area contributed by atoms with Gasteiger partial charge in [-0.1, -0.05) is 30.7 Å². The Labute approximate surface area is 115 Å². The summed E-state index contributed by atoms with van der Waals surface area (Å²) in [4.78, 5) is 0.198. The van der Waals surface area contributed by atoms with Crippen molar-refractivity contribution < 1.29 is 13.2 Å². The fourth-order valence-electron chi connectivity index (χ4n) is 2.21. The van der Waals surface area contributed by atoms with Crippen molar-refractivity contribution in [2.75, 3.05) is 0 Å². The van der Waals surface area contributed by atoms with Crippen molar-refractivity contribution >= 4 is 11.8 Å². The third kappa shape index (κ3) is 4.50. The number of hydrogen-bond donors (Lipinski definition) is 0. The maximum Gasteiger partial charge on any atom is 0.446 e. The average molecular weight is 284 g/mol. The lowest BCUT2D eigenvalue weighted by Gasteiger charge is -2.08. The van der Waals surface area contributed by atoms with Crippen LogP contribution in [0.25, 0.3) is 0 Å². The summed E-state index contributed by atoms with van der Waals surface area (Å²) in [5.74, 6) is 6.42. The molecular weight excluding hydrogens is 269 g/mol. The standard InChI is InChI=1S/C15H15F3S/c1-11-6-9-14(19-15(16,17)18)13(10-11)8-7-12-4-2-3-5-12/h6,9-10,12H,2-5H2,1H3. The van der Waals surface area contributed by atoms with Crippen molar-refractivity contribution in [1.82, 2.24) is 0 Å². The molecule has 1 fully saturated rings. The van der Waals surface area contributed by atoms with E-state index in [0.717, 1.165) is 18.4 Å². The fraction of sp³-hybridized carbons (Fsp3) is 0.467. The number of benzene rings is 1.